The number of fused-ring (bicyclic) bond motifs is 1. The van der Waals surface area contributed by atoms with E-state index in [1.165, 1.54) is 4.68 Å². The van der Waals surface area contributed by atoms with E-state index in [2.05, 4.69) is 15.5 Å². The highest BCUT2D eigenvalue weighted by Gasteiger charge is 2.39. The van der Waals surface area contributed by atoms with Gasteiger partial charge in [0.1, 0.15) is 12.1 Å². The fourth-order valence-corrected chi connectivity index (χ4v) is 3.87. The normalized spacial score (nSPS) is 28.2. The van der Waals surface area contributed by atoms with Crippen LogP contribution in [0.1, 0.15) is 68.8 Å². The third kappa shape index (κ3) is 2.82. The highest BCUT2D eigenvalue weighted by molar-refractivity contribution is 5.76. The molecule has 2 aromatic heterocycles. The van der Waals surface area contributed by atoms with Crippen LogP contribution in [-0.2, 0) is 11.3 Å². The zero-order valence-corrected chi connectivity index (χ0v) is 14.8. The van der Waals surface area contributed by atoms with Crippen LogP contribution in [0.3, 0.4) is 0 Å². The first kappa shape index (κ1) is 16.0. The Morgan fingerprint density at radius 1 is 1.27 bits per heavy atom. The molecule has 8 heteroatoms. The van der Waals surface area contributed by atoms with Crippen LogP contribution in [0.25, 0.3) is 5.52 Å². The van der Waals surface area contributed by atoms with E-state index >= 15 is 0 Å². The molecular weight excluding hydrogens is 334 g/mol. The van der Waals surface area contributed by atoms with Gasteiger partial charge in [-0.1, -0.05) is 0 Å². The SMILES string of the molecule is CC1(O)CC(NC(=O)Cn2nc(C3CC3)n3nc(C4CC4)cc3c2=O)C1. The van der Waals surface area contributed by atoms with E-state index in [9.17, 15) is 14.7 Å². The Bertz CT molecular complexity index is 944. The summed E-state index contributed by atoms with van der Waals surface area (Å²) < 4.78 is 2.97. The molecule has 0 saturated heterocycles. The number of nitrogens with one attached hydrogen (secondary N) is 1. The van der Waals surface area contributed by atoms with Crippen molar-refractivity contribution in [1.82, 2.24) is 24.7 Å². The van der Waals surface area contributed by atoms with Gasteiger partial charge in [0.15, 0.2) is 5.82 Å². The second-order valence-corrected chi connectivity index (χ2v) is 8.41. The van der Waals surface area contributed by atoms with Gasteiger partial charge >= 0.3 is 0 Å². The van der Waals surface area contributed by atoms with Gasteiger partial charge in [0.25, 0.3) is 5.56 Å². The Morgan fingerprint density at radius 2 is 1.96 bits per heavy atom. The standard InChI is InChI=1S/C18H23N5O3/c1-18(26)7-12(8-18)19-15(24)9-22-17(25)14-6-13(10-2-3-10)20-23(14)16(21-22)11-4-5-11/h6,10-12,26H,2-5,7-9H2,1H3,(H,19,24). The molecule has 1 amide bonds. The molecule has 2 N–H and O–H groups in total. The predicted octanol–water partition coefficient (Wildman–Crippen LogP) is 0.675. The van der Waals surface area contributed by atoms with Gasteiger partial charge < -0.3 is 10.4 Å². The Morgan fingerprint density at radius 3 is 2.58 bits per heavy atom. The summed E-state index contributed by atoms with van der Waals surface area (Å²) in [5.41, 5.74) is 0.513. The smallest absolute Gasteiger partial charge is 0.293 e. The van der Waals surface area contributed by atoms with Crippen LogP contribution < -0.4 is 10.9 Å². The largest absolute Gasteiger partial charge is 0.390 e. The minimum absolute atomic E-state index is 0.0312. The maximum absolute atomic E-state index is 12.8. The zero-order chi connectivity index (χ0) is 18.1. The van der Waals surface area contributed by atoms with Crippen molar-refractivity contribution in [3.63, 3.8) is 0 Å². The van der Waals surface area contributed by atoms with Gasteiger partial charge in [-0.2, -0.15) is 10.2 Å². The highest BCUT2D eigenvalue weighted by Crippen LogP contribution is 2.41. The average molecular weight is 357 g/mol. The third-order valence-electron chi connectivity index (χ3n) is 5.59. The zero-order valence-electron chi connectivity index (χ0n) is 14.8. The number of amides is 1. The van der Waals surface area contributed by atoms with E-state index in [1.54, 1.807) is 11.4 Å². The molecule has 0 unspecified atom stereocenters. The van der Waals surface area contributed by atoms with E-state index in [4.69, 9.17) is 0 Å². The maximum Gasteiger partial charge on any atom is 0.293 e. The topological polar surface area (TPSA) is 102 Å². The summed E-state index contributed by atoms with van der Waals surface area (Å²) in [4.78, 5) is 25.1. The monoisotopic (exact) mass is 357 g/mol. The number of hydrogen-bond donors (Lipinski definition) is 2. The molecule has 26 heavy (non-hydrogen) atoms. The number of hydrogen-bond acceptors (Lipinski definition) is 5. The Balaban J connectivity index is 1.43. The lowest BCUT2D eigenvalue weighted by atomic mass is 9.77. The highest BCUT2D eigenvalue weighted by atomic mass is 16.3. The van der Waals surface area contributed by atoms with Crippen molar-refractivity contribution in [3.05, 3.63) is 27.9 Å². The summed E-state index contributed by atoms with van der Waals surface area (Å²) in [6, 6.07) is 1.83. The van der Waals surface area contributed by atoms with Crippen LogP contribution >= 0.6 is 0 Å². The molecule has 0 aliphatic heterocycles. The van der Waals surface area contributed by atoms with Gasteiger partial charge in [-0.15, -0.1) is 0 Å². The van der Waals surface area contributed by atoms with Crippen LogP contribution in [-0.4, -0.2) is 42.1 Å². The lowest BCUT2D eigenvalue weighted by Crippen LogP contribution is -2.54. The van der Waals surface area contributed by atoms with Gasteiger partial charge in [-0.3, -0.25) is 9.59 Å². The van der Waals surface area contributed by atoms with Gasteiger partial charge in [0, 0.05) is 17.9 Å². The average Bonchev–Trinajstić information content (AvgIpc) is 3.45. The number of nitrogens with zero attached hydrogens (tertiary/aromatic N) is 4. The molecule has 3 aliphatic rings. The summed E-state index contributed by atoms with van der Waals surface area (Å²) in [5.74, 6) is 1.32. The van der Waals surface area contributed by atoms with Crippen molar-refractivity contribution in [3.8, 4) is 0 Å². The molecule has 5 rings (SSSR count). The summed E-state index contributed by atoms with van der Waals surface area (Å²) in [5, 5.41) is 21.7. The van der Waals surface area contributed by atoms with E-state index in [-0.39, 0.29) is 24.1 Å². The molecule has 2 aromatic rings. The molecule has 3 aliphatic carbocycles. The Hall–Kier alpha value is -2.22. The van der Waals surface area contributed by atoms with Crippen molar-refractivity contribution in [2.24, 2.45) is 0 Å². The Labute approximate surface area is 150 Å². The number of aliphatic hydroxyl groups is 1. The van der Waals surface area contributed by atoms with E-state index < -0.39 is 5.60 Å². The summed E-state index contributed by atoms with van der Waals surface area (Å²) in [6.07, 6.45) is 5.42. The molecule has 2 heterocycles. The van der Waals surface area contributed by atoms with Crippen molar-refractivity contribution in [2.75, 3.05) is 0 Å². The fourth-order valence-electron chi connectivity index (χ4n) is 3.87. The van der Waals surface area contributed by atoms with E-state index in [0.29, 0.717) is 30.2 Å². The second-order valence-electron chi connectivity index (χ2n) is 8.41. The molecule has 0 aromatic carbocycles. The molecule has 3 fully saturated rings. The van der Waals surface area contributed by atoms with Crippen molar-refractivity contribution in [2.45, 2.75) is 75.5 Å². The van der Waals surface area contributed by atoms with Gasteiger partial charge in [0.05, 0.1) is 11.3 Å². The van der Waals surface area contributed by atoms with E-state index in [1.807, 2.05) is 6.07 Å². The van der Waals surface area contributed by atoms with Gasteiger partial charge in [-0.25, -0.2) is 9.20 Å². The lowest BCUT2D eigenvalue weighted by Gasteiger charge is -2.41. The van der Waals surface area contributed by atoms with Crippen LogP contribution in [0, 0.1) is 0 Å². The minimum Gasteiger partial charge on any atom is -0.390 e. The number of carbonyl (C=O) groups is 1. The third-order valence-corrected chi connectivity index (χ3v) is 5.59. The number of aromatic nitrogens is 4. The molecule has 0 spiro atoms. The van der Waals surface area contributed by atoms with Crippen LogP contribution in [0.2, 0.25) is 0 Å². The summed E-state index contributed by atoms with van der Waals surface area (Å²) >= 11 is 0. The van der Waals surface area contributed by atoms with Crippen molar-refractivity contribution < 1.29 is 9.90 Å². The predicted molar refractivity (Wildman–Crippen MR) is 93.0 cm³/mol. The summed E-state index contributed by atoms with van der Waals surface area (Å²) in [7, 11) is 0. The molecule has 3 saturated carbocycles. The van der Waals surface area contributed by atoms with E-state index in [0.717, 1.165) is 37.2 Å². The number of carbonyl (C=O) groups excluding carboxylic acids is 1. The van der Waals surface area contributed by atoms with Crippen LogP contribution in [0.4, 0.5) is 0 Å². The van der Waals surface area contributed by atoms with Crippen molar-refractivity contribution in [1.29, 1.82) is 0 Å². The molecule has 8 nitrogen and oxygen atoms in total. The van der Waals surface area contributed by atoms with Gasteiger partial charge in [0.2, 0.25) is 5.91 Å². The molecule has 0 atom stereocenters. The first-order chi connectivity index (χ1) is 12.4. The first-order valence-corrected chi connectivity index (χ1v) is 9.42. The van der Waals surface area contributed by atoms with Gasteiger partial charge in [-0.05, 0) is 51.5 Å². The van der Waals surface area contributed by atoms with Crippen LogP contribution in [0.15, 0.2) is 10.9 Å². The molecular formula is C18H23N5O3. The van der Waals surface area contributed by atoms with Crippen LogP contribution in [0.5, 0.6) is 0 Å². The Kier molecular flexibility index (Phi) is 3.31. The maximum atomic E-state index is 12.8. The quantitative estimate of drug-likeness (QED) is 0.819. The molecule has 0 bridgehead atoms. The molecule has 138 valence electrons. The summed E-state index contributed by atoms with van der Waals surface area (Å²) in [6.45, 7) is 1.66. The molecule has 0 radical (unpaired) electrons. The second kappa shape index (κ2) is 5.39. The lowest BCUT2D eigenvalue weighted by molar-refractivity contribution is -0.125. The van der Waals surface area contributed by atoms with Crippen molar-refractivity contribution >= 4 is 11.4 Å². The number of rotatable bonds is 5. The fraction of sp³-hybridized carbons (Fsp3) is 0.667. The first-order valence-electron chi connectivity index (χ1n) is 9.42. The minimum atomic E-state index is -0.693.